The Balaban J connectivity index is 1.99. The lowest BCUT2D eigenvalue weighted by molar-refractivity contribution is -0.0978. The van der Waals surface area contributed by atoms with Crippen LogP contribution in [0, 0.1) is 12.3 Å². The molecule has 0 aliphatic carbocycles. The fourth-order valence-corrected chi connectivity index (χ4v) is 2.07. The number of aryl methyl sites for hydroxylation is 1. The number of amides is 1. The lowest BCUT2D eigenvalue weighted by Crippen LogP contribution is -2.48. The van der Waals surface area contributed by atoms with Crippen molar-refractivity contribution in [1.82, 2.24) is 5.32 Å². The van der Waals surface area contributed by atoms with Gasteiger partial charge in [0.1, 0.15) is 0 Å². The largest absolute Gasteiger partial charge is 0.380 e. The van der Waals surface area contributed by atoms with Gasteiger partial charge in [-0.25, -0.2) is 0 Å². The van der Waals surface area contributed by atoms with Crippen LogP contribution in [-0.4, -0.2) is 25.7 Å². The molecule has 1 N–H and O–H groups in total. The van der Waals surface area contributed by atoms with Crippen LogP contribution in [0.1, 0.15) is 22.8 Å². The molecular formula is C13H16ClNO2. The Kier molecular flexibility index (Phi) is 3.40. The quantitative estimate of drug-likeness (QED) is 0.899. The van der Waals surface area contributed by atoms with Gasteiger partial charge >= 0.3 is 0 Å². The molecule has 0 saturated carbocycles. The molecule has 1 aliphatic heterocycles. The number of carbonyl (C=O) groups is 1. The SMILES string of the molecule is Cc1ccc(C(=O)NCC2(C)COC2)c(Cl)c1. The Morgan fingerprint density at radius 3 is 2.76 bits per heavy atom. The number of hydrogen-bond donors (Lipinski definition) is 1. The van der Waals surface area contributed by atoms with E-state index in [2.05, 4.69) is 12.2 Å². The molecule has 92 valence electrons. The molecule has 1 fully saturated rings. The summed E-state index contributed by atoms with van der Waals surface area (Å²) >= 11 is 6.04. The van der Waals surface area contributed by atoms with Gasteiger partial charge in [0.05, 0.1) is 23.8 Å². The average Bonchev–Trinajstić information content (AvgIpc) is 2.23. The number of ether oxygens (including phenoxy) is 1. The minimum atomic E-state index is -0.122. The van der Waals surface area contributed by atoms with Crippen molar-refractivity contribution < 1.29 is 9.53 Å². The number of benzene rings is 1. The number of halogens is 1. The van der Waals surface area contributed by atoms with E-state index in [9.17, 15) is 4.79 Å². The first kappa shape index (κ1) is 12.4. The van der Waals surface area contributed by atoms with Crippen molar-refractivity contribution in [3.8, 4) is 0 Å². The zero-order valence-corrected chi connectivity index (χ0v) is 10.8. The Morgan fingerprint density at radius 1 is 1.53 bits per heavy atom. The molecule has 2 rings (SSSR count). The first-order valence-corrected chi connectivity index (χ1v) is 6.00. The van der Waals surface area contributed by atoms with E-state index in [-0.39, 0.29) is 11.3 Å². The first-order valence-electron chi connectivity index (χ1n) is 5.62. The maximum atomic E-state index is 11.9. The molecule has 0 aromatic heterocycles. The highest BCUT2D eigenvalue weighted by atomic mass is 35.5. The summed E-state index contributed by atoms with van der Waals surface area (Å²) in [4.78, 5) is 11.9. The fourth-order valence-electron chi connectivity index (χ4n) is 1.75. The van der Waals surface area contributed by atoms with Crippen LogP contribution in [0.5, 0.6) is 0 Å². The van der Waals surface area contributed by atoms with E-state index in [1.807, 2.05) is 13.0 Å². The molecule has 1 amide bonds. The summed E-state index contributed by atoms with van der Waals surface area (Å²) in [5.74, 6) is -0.122. The molecule has 3 nitrogen and oxygen atoms in total. The van der Waals surface area contributed by atoms with Crippen molar-refractivity contribution in [3.63, 3.8) is 0 Å². The average molecular weight is 254 g/mol. The number of hydrogen-bond acceptors (Lipinski definition) is 2. The zero-order chi connectivity index (χ0) is 12.5. The molecule has 0 unspecified atom stereocenters. The van der Waals surface area contributed by atoms with Gasteiger partial charge in [-0.15, -0.1) is 0 Å². The topological polar surface area (TPSA) is 38.3 Å². The van der Waals surface area contributed by atoms with Gasteiger partial charge in [-0.1, -0.05) is 24.6 Å². The van der Waals surface area contributed by atoms with Crippen LogP contribution in [-0.2, 0) is 4.74 Å². The Morgan fingerprint density at radius 2 is 2.24 bits per heavy atom. The third-order valence-electron chi connectivity index (χ3n) is 2.95. The second kappa shape index (κ2) is 4.67. The predicted octanol–water partition coefficient (Wildman–Crippen LogP) is 2.41. The summed E-state index contributed by atoms with van der Waals surface area (Å²) in [5.41, 5.74) is 1.65. The zero-order valence-electron chi connectivity index (χ0n) is 10.0. The summed E-state index contributed by atoms with van der Waals surface area (Å²) in [6.45, 7) is 6.06. The van der Waals surface area contributed by atoms with Crippen LogP contribution in [0.4, 0.5) is 0 Å². The van der Waals surface area contributed by atoms with Gasteiger partial charge in [0, 0.05) is 12.0 Å². The predicted molar refractivity (Wildman–Crippen MR) is 67.4 cm³/mol. The first-order chi connectivity index (χ1) is 8.00. The van der Waals surface area contributed by atoms with Gasteiger partial charge < -0.3 is 10.1 Å². The third-order valence-corrected chi connectivity index (χ3v) is 3.26. The lowest BCUT2D eigenvalue weighted by atomic mass is 9.88. The minimum Gasteiger partial charge on any atom is -0.380 e. The number of nitrogens with one attached hydrogen (secondary N) is 1. The van der Waals surface area contributed by atoms with Crippen LogP contribution in [0.2, 0.25) is 5.02 Å². The number of carbonyl (C=O) groups excluding carboxylic acids is 1. The van der Waals surface area contributed by atoms with E-state index in [1.54, 1.807) is 12.1 Å². The monoisotopic (exact) mass is 253 g/mol. The fraction of sp³-hybridized carbons (Fsp3) is 0.462. The summed E-state index contributed by atoms with van der Waals surface area (Å²) in [6, 6.07) is 5.44. The molecule has 17 heavy (non-hydrogen) atoms. The number of rotatable bonds is 3. The molecule has 1 aliphatic rings. The standard InChI is InChI=1S/C13H16ClNO2/c1-9-3-4-10(11(14)5-9)12(16)15-6-13(2)7-17-8-13/h3-5H,6-8H2,1-2H3,(H,15,16). The van der Waals surface area contributed by atoms with Crippen LogP contribution in [0.15, 0.2) is 18.2 Å². The molecule has 0 spiro atoms. The van der Waals surface area contributed by atoms with E-state index in [4.69, 9.17) is 16.3 Å². The second-order valence-electron chi connectivity index (χ2n) is 4.97. The molecule has 4 heteroatoms. The van der Waals surface area contributed by atoms with Crippen molar-refractivity contribution in [2.24, 2.45) is 5.41 Å². The second-order valence-corrected chi connectivity index (χ2v) is 5.38. The molecule has 0 atom stereocenters. The van der Waals surface area contributed by atoms with Crippen molar-refractivity contribution in [2.75, 3.05) is 19.8 Å². The Labute approximate surface area is 106 Å². The van der Waals surface area contributed by atoms with Crippen LogP contribution < -0.4 is 5.32 Å². The molecule has 1 saturated heterocycles. The van der Waals surface area contributed by atoms with Crippen molar-refractivity contribution in [2.45, 2.75) is 13.8 Å². The van der Waals surface area contributed by atoms with Gasteiger partial charge in [0.15, 0.2) is 0 Å². The molecular weight excluding hydrogens is 238 g/mol. The van der Waals surface area contributed by atoms with Crippen LogP contribution >= 0.6 is 11.6 Å². The maximum Gasteiger partial charge on any atom is 0.252 e. The van der Waals surface area contributed by atoms with Crippen molar-refractivity contribution in [1.29, 1.82) is 0 Å². The minimum absolute atomic E-state index is 0.0762. The van der Waals surface area contributed by atoms with Gasteiger partial charge in [0.2, 0.25) is 0 Å². The third kappa shape index (κ3) is 2.79. The van der Waals surface area contributed by atoms with Crippen LogP contribution in [0.3, 0.4) is 0 Å². The molecule has 0 radical (unpaired) electrons. The van der Waals surface area contributed by atoms with E-state index < -0.39 is 0 Å². The highest BCUT2D eigenvalue weighted by Gasteiger charge is 2.33. The van der Waals surface area contributed by atoms with Gasteiger partial charge in [0.25, 0.3) is 5.91 Å². The van der Waals surface area contributed by atoms with Gasteiger partial charge in [-0.2, -0.15) is 0 Å². The van der Waals surface area contributed by atoms with Crippen molar-refractivity contribution >= 4 is 17.5 Å². The Hall–Kier alpha value is -1.06. The molecule has 1 aromatic carbocycles. The lowest BCUT2D eigenvalue weighted by Gasteiger charge is -2.38. The molecule has 1 heterocycles. The van der Waals surface area contributed by atoms with Crippen molar-refractivity contribution in [3.05, 3.63) is 34.3 Å². The maximum absolute atomic E-state index is 11.9. The summed E-state index contributed by atoms with van der Waals surface area (Å²) in [5, 5.41) is 3.40. The Bertz CT molecular complexity index is 441. The van der Waals surface area contributed by atoms with E-state index in [0.717, 1.165) is 5.56 Å². The van der Waals surface area contributed by atoms with E-state index >= 15 is 0 Å². The van der Waals surface area contributed by atoms with E-state index in [0.29, 0.717) is 30.3 Å². The smallest absolute Gasteiger partial charge is 0.252 e. The van der Waals surface area contributed by atoms with Crippen LogP contribution in [0.25, 0.3) is 0 Å². The highest BCUT2D eigenvalue weighted by Crippen LogP contribution is 2.25. The summed E-state index contributed by atoms with van der Waals surface area (Å²) in [7, 11) is 0. The molecule has 0 bridgehead atoms. The van der Waals surface area contributed by atoms with Gasteiger partial charge in [-0.3, -0.25) is 4.79 Å². The van der Waals surface area contributed by atoms with Gasteiger partial charge in [-0.05, 0) is 24.6 Å². The van der Waals surface area contributed by atoms with E-state index in [1.165, 1.54) is 0 Å². The normalized spacial score (nSPS) is 17.4. The summed E-state index contributed by atoms with van der Waals surface area (Å²) < 4.78 is 5.14. The molecule has 1 aromatic rings. The summed E-state index contributed by atoms with van der Waals surface area (Å²) in [6.07, 6.45) is 0. The highest BCUT2D eigenvalue weighted by molar-refractivity contribution is 6.33.